The van der Waals surface area contributed by atoms with Crippen molar-refractivity contribution in [3.8, 4) is 0 Å². The molecule has 3 atom stereocenters. The van der Waals surface area contributed by atoms with Crippen LogP contribution in [0.15, 0.2) is 5.16 Å². The number of hydrogen-bond acceptors (Lipinski definition) is 4. The molecule has 17 heavy (non-hydrogen) atoms. The lowest BCUT2D eigenvalue weighted by Gasteiger charge is -2.37. The zero-order valence-electron chi connectivity index (χ0n) is 11.2. The van der Waals surface area contributed by atoms with E-state index < -0.39 is 0 Å². The highest BCUT2D eigenvalue weighted by Crippen LogP contribution is 2.16. The molecular weight excluding hydrogens is 216 g/mol. The highest BCUT2D eigenvalue weighted by Gasteiger charge is 2.24. The fraction of sp³-hybridized carbons (Fsp3) is 0.917. The molecule has 0 aliphatic carbocycles. The SMILES string of the molecule is CCC(CC(N)=NO)NC1CCN(C)C(C)C1. The normalized spacial score (nSPS) is 29.2. The first-order valence-corrected chi connectivity index (χ1v) is 6.49. The summed E-state index contributed by atoms with van der Waals surface area (Å²) in [5.41, 5.74) is 5.56. The highest BCUT2D eigenvalue weighted by atomic mass is 16.4. The smallest absolute Gasteiger partial charge is 0.140 e. The zero-order chi connectivity index (χ0) is 12.8. The van der Waals surface area contributed by atoms with Crippen LogP contribution in [0.2, 0.25) is 0 Å². The minimum Gasteiger partial charge on any atom is -0.409 e. The summed E-state index contributed by atoms with van der Waals surface area (Å²) in [5, 5.41) is 15.3. The second-order valence-corrected chi connectivity index (χ2v) is 5.12. The van der Waals surface area contributed by atoms with Gasteiger partial charge in [-0.1, -0.05) is 12.1 Å². The van der Waals surface area contributed by atoms with Crippen LogP contribution in [0.25, 0.3) is 0 Å². The Labute approximate surface area is 104 Å². The molecule has 0 bridgehead atoms. The number of likely N-dealkylation sites (tertiary alicyclic amines) is 1. The summed E-state index contributed by atoms with van der Waals surface area (Å²) in [4.78, 5) is 2.39. The van der Waals surface area contributed by atoms with Crippen LogP contribution in [0.1, 0.15) is 39.5 Å². The lowest BCUT2D eigenvalue weighted by atomic mass is 9.97. The molecule has 5 heteroatoms. The van der Waals surface area contributed by atoms with Gasteiger partial charge in [0.25, 0.3) is 0 Å². The topological polar surface area (TPSA) is 73.9 Å². The third-order valence-corrected chi connectivity index (χ3v) is 3.76. The number of nitrogens with one attached hydrogen (secondary N) is 1. The summed E-state index contributed by atoms with van der Waals surface area (Å²) < 4.78 is 0. The van der Waals surface area contributed by atoms with Crippen LogP contribution >= 0.6 is 0 Å². The zero-order valence-corrected chi connectivity index (χ0v) is 11.2. The van der Waals surface area contributed by atoms with Crippen LogP contribution in [-0.2, 0) is 0 Å². The first-order chi connectivity index (χ1) is 8.06. The Balaban J connectivity index is 2.40. The van der Waals surface area contributed by atoms with Gasteiger partial charge in [0.15, 0.2) is 0 Å². The van der Waals surface area contributed by atoms with E-state index in [1.165, 1.54) is 12.8 Å². The molecule has 1 saturated heterocycles. The van der Waals surface area contributed by atoms with Gasteiger partial charge in [0.1, 0.15) is 5.84 Å². The number of nitrogens with zero attached hydrogens (tertiary/aromatic N) is 2. The van der Waals surface area contributed by atoms with Crippen molar-refractivity contribution in [3.05, 3.63) is 0 Å². The number of piperidine rings is 1. The molecular formula is C12H26N4O. The minimum absolute atomic E-state index is 0.310. The van der Waals surface area contributed by atoms with Gasteiger partial charge in [-0.2, -0.15) is 0 Å². The van der Waals surface area contributed by atoms with Gasteiger partial charge < -0.3 is 21.2 Å². The summed E-state index contributed by atoms with van der Waals surface area (Å²) in [6.07, 6.45) is 3.96. The van der Waals surface area contributed by atoms with Crippen LogP contribution < -0.4 is 11.1 Å². The van der Waals surface area contributed by atoms with Crippen LogP contribution in [-0.4, -0.2) is 47.7 Å². The maximum atomic E-state index is 8.59. The van der Waals surface area contributed by atoms with Crippen molar-refractivity contribution in [2.24, 2.45) is 10.9 Å². The fourth-order valence-corrected chi connectivity index (χ4v) is 2.39. The molecule has 3 unspecified atom stereocenters. The van der Waals surface area contributed by atoms with E-state index in [1.807, 2.05) is 0 Å². The summed E-state index contributed by atoms with van der Waals surface area (Å²) in [5.74, 6) is 0.310. The van der Waals surface area contributed by atoms with Gasteiger partial charge in [0.2, 0.25) is 0 Å². The number of nitrogens with two attached hydrogens (primary N) is 1. The van der Waals surface area contributed by atoms with Gasteiger partial charge in [-0.25, -0.2) is 0 Å². The number of hydrogen-bond donors (Lipinski definition) is 3. The molecule has 0 amide bonds. The number of rotatable bonds is 5. The van der Waals surface area contributed by atoms with E-state index in [1.54, 1.807) is 0 Å². The molecule has 0 aromatic rings. The molecule has 5 nitrogen and oxygen atoms in total. The molecule has 4 N–H and O–H groups in total. The van der Waals surface area contributed by atoms with E-state index in [2.05, 4.69) is 36.3 Å². The van der Waals surface area contributed by atoms with Crippen molar-refractivity contribution in [1.82, 2.24) is 10.2 Å². The molecule has 0 aromatic carbocycles. The fourth-order valence-electron chi connectivity index (χ4n) is 2.39. The summed E-state index contributed by atoms with van der Waals surface area (Å²) in [7, 11) is 2.18. The van der Waals surface area contributed by atoms with Crippen LogP contribution in [0.3, 0.4) is 0 Å². The first-order valence-electron chi connectivity index (χ1n) is 6.49. The van der Waals surface area contributed by atoms with Crippen molar-refractivity contribution in [3.63, 3.8) is 0 Å². The molecule has 1 aliphatic heterocycles. The van der Waals surface area contributed by atoms with Crippen molar-refractivity contribution in [1.29, 1.82) is 0 Å². The van der Waals surface area contributed by atoms with E-state index in [-0.39, 0.29) is 0 Å². The van der Waals surface area contributed by atoms with E-state index in [4.69, 9.17) is 10.9 Å². The van der Waals surface area contributed by atoms with Crippen LogP contribution in [0.5, 0.6) is 0 Å². The lowest BCUT2D eigenvalue weighted by Crippen LogP contribution is -2.49. The Morgan fingerprint density at radius 1 is 1.65 bits per heavy atom. The standard InChI is InChI=1S/C12H26N4O/c1-4-10(8-12(13)15-17)14-11-5-6-16(3)9(2)7-11/h9-11,14,17H,4-8H2,1-3H3,(H2,13,15). The third kappa shape index (κ3) is 4.52. The van der Waals surface area contributed by atoms with Gasteiger partial charge in [-0.15, -0.1) is 0 Å². The maximum Gasteiger partial charge on any atom is 0.140 e. The molecule has 0 saturated carbocycles. The average Bonchev–Trinajstić information content (AvgIpc) is 2.32. The summed E-state index contributed by atoms with van der Waals surface area (Å²) >= 11 is 0. The molecule has 1 fully saturated rings. The lowest BCUT2D eigenvalue weighted by molar-refractivity contribution is 0.162. The molecule has 0 spiro atoms. The highest BCUT2D eigenvalue weighted by molar-refractivity contribution is 5.80. The van der Waals surface area contributed by atoms with Crippen LogP contribution in [0, 0.1) is 0 Å². The first kappa shape index (κ1) is 14.3. The summed E-state index contributed by atoms with van der Waals surface area (Å²) in [6.45, 7) is 5.53. The van der Waals surface area contributed by atoms with Gasteiger partial charge in [0.05, 0.1) is 0 Å². The molecule has 0 radical (unpaired) electrons. The second-order valence-electron chi connectivity index (χ2n) is 5.12. The quantitative estimate of drug-likeness (QED) is 0.291. The molecule has 100 valence electrons. The van der Waals surface area contributed by atoms with Gasteiger partial charge in [0, 0.05) is 24.5 Å². The number of oxime groups is 1. The van der Waals surface area contributed by atoms with E-state index in [9.17, 15) is 0 Å². The molecule has 0 aromatic heterocycles. The largest absolute Gasteiger partial charge is 0.409 e. The Morgan fingerprint density at radius 2 is 2.35 bits per heavy atom. The van der Waals surface area contributed by atoms with Crippen molar-refractivity contribution >= 4 is 5.84 Å². The second kappa shape index (κ2) is 6.81. The van der Waals surface area contributed by atoms with E-state index >= 15 is 0 Å². The van der Waals surface area contributed by atoms with Crippen LogP contribution in [0.4, 0.5) is 0 Å². The third-order valence-electron chi connectivity index (χ3n) is 3.76. The predicted molar refractivity (Wildman–Crippen MR) is 70.4 cm³/mol. The number of amidine groups is 1. The van der Waals surface area contributed by atoms with E-state index in [0.717, 1.165) is 13.0 Å². The Kier molecular flexibility index (Phi) is 5.71. The van der Waals surface area contributed by atoms with E-state index in [0.29, 0.717) is 30.4 Å². The monoisotopic (exact) mass is 242 g/mol. The maximum absolute atomic E-state index is 8.59. The van der Waals surface area contributed by atoms with Crippen molar-refractivity contribution in [2.75, 3.05) is 13.6 Å². The predicted octanol–water partition coefficient (Wildman–Crippen LogP) is 0.974. The Bertz CT molecular complexity index is 257. The van der Waals surface area contributed by atoms with Gasteiger partial charge in [-0.05, 0) is 39.8 Å². The Hall–Kier alpha value is -0.810. The average molecular weight is 242 g/mol. The summed E-state index contributed by atoms with van der Waals surface area (Å²) in [6, 6.07) is 1.49. The molecule has 1 aliphatic rings. The van der Waals surface area contributed by atoms with Crippen molar-refractivity contribution < 1.29 is 5.21 Å². The van der Waals surface area contributed by atoms with Gasteiger partial charge >= 0.3 is 0 Å². The van der Waals surface area contributed by atoms with Crippen molar-refractivity contribution in [2.45, 2.75) is 57.7 Å². The molecule has 1 rings (SSSR count). The van der Waals surface area contributed by atoms with Gasteiger partial charge in [-0.3, -0.25) is 0 Å². The molecule has 1 heterocycles. The Morgan fingerprint density at radius 3 is 2.88 bits per heavy atom. The minimum atomic E-state index is 0.310.